The van der Waals surface area contributed by atoms with Gasteiger partial charge in [-0.3, -0.25) is 9.35 Å². The number of azo groups is 2. The molecule has 0 aliphatic carbocycles. The number of fused-ring (bicyclic) bond motifs is 2. The summed E-state index contributed by atoms with van der Waals surface area (Å²) in [5.41, 5.74) is 1.31. The minimum Gasteiger partial charge on any atom is -0.505 e. The van der Waals surface area contributed by atoms with Gasteiger partial charge in [0.2, 0.25) is 5.91 Å². The van der Waals surface area contributed by atoms with Crippen LogP contribution in [0.4, 0.5) is 44.6 Å². The molecule has 3 amide bonds. The number of carbonyl (C=O) groups excluding carboxylic acids is 2. The zero-order valence-electron chi connectivity index (χ0n) is 27.7. The number of rotatable bonds is 11. The Kier molecular flexibility index (Phi) is 11.1. The first-order valence-corrected chi connectivity index (χ1v) is 17.6. The fourth-order valence-corrected chi connectivity index (χ4v) is 6.34. The molecule has 0 atom stereocenters. The van der Waals surface area contributed by atoms with E-state index in [1.807, 2.05) is 6.07 Å². The quantitative estimate of drug-likeness (QED) is 0.0215. The largest absolute Gasteiger partial charge is 0.505 e. The van der Waals surface area contributed by atoms with E-state index in [-0.39, 0.29) is 44.4 Å². The predicted molar refractivity (Wildman–Crippen MR) is 200 cm³/mol. The smallest absolute Gasteiger partial charge is 0.323 e. The fourth-order valence-electron chi connectivity index (χ4n) is 5.18. The highest BCUT2D eigenvalue weighted by atomic mass is 32.2. The summed E-state index contributed by atoms with van der Waals surface area (Å²) in [5.74, 6) is -1.12. The molecule has 0 aliphatic heterocycles. The number of anilines is 3. The number of phenols is 2. The number of phenolic OH excluding ortho intramolecular Hbond substituents is 2. The van der Waals surface area contributed by atoms with Crippen molar-refractivity contribution in [3.63, 3.8) is 0 Å². The Labute approximate surface area is 309 Å². The Balaban J connectivity index is 1.23. The highest BCUT2D eigenvalue weighted by molar-refractivity contribution is 7.94. The van der Waals surface area contributed by atoms with Crippen LogP contribution < -0.4 is 16.0 Å². The normalized spacial score (nSPS) is 11.8. The number of amides is 3. The lowest BCUT2D eigenvalue weighted by Gasteiger charge is -2.13. The van der Waals surface area contributed by atoms with Crippen molar-refractivity contribution in [1.82, 2.24) is 0 Å². The second-order valence-corrected chi connectivity index (χ2v) is 13.4. The van der Waals surface area contributed by atoms with Gasteiger partial charge in [0.05, 0.1) is 28.3 Å². The van der Waals surface area contributed by atoms with Gasteiger partial charge in [-0.05, 0) is 95.7 Å². The molecule has 19 heteroatoms. The average molecular weight is 770 g/mol. The number of hydrogen-bond acceptors (Lipinski definition) is 14. The third kappa shape index (κ3) is 8.75. The minimum atomic E-state index is -4.92. The molecule has 6 rings (SSSR count). The summed E-state index contributed by atoms with van der Waals surface area (Å²) >= 11 is 0.562. The molecule has 274 valence electrons. The number of hydrogen-bond donors (Lipinski definition) is 7. The SMILES string of the molecule is CC(=O)Nc1ccc(/N=N/c2c(S(=O)(=O)O)cc3cc(NC(=O)Nc4ccc5c(O)c(/N=N/c6ccccc6)c(SOOO)cc5c4)ccc3c2O)cc1. The maximum absolute atomic E-state index is 13.0. The van der Waals surface area contributed by atoms with E-state index in [4.69, 9.17) is 5.26 Å². The summed E-state index contributed by atoms with van der Waals surface area (Å²) in [7, 11) is -4.92. The van der Waals surface area contributed by atoms with Gasteiger partial charge in [-0.2, -0.15) is 18.6 Å². The summed E-state index contributed by atoms with van der Waals surface area (Å²) in [6, 6.07) is 25.7. The molecule has 6 aromatic carbocycles. The second kappa shape index (κ2) is 16.0. The summed E-state index contributed by atoms with van der Waals surface area (Å²) in [4.78, 5) is 23.8. The van der Waals surface area contributed by atoms with Crippen LogP contribution in [-0.4, -0.2) is 40.4 Å². The third-order valence-corrected chi connectivity index (χ3v) is 9.01. The molecule has 0 saturated heterocycles. The second-order valence-electron chi connectivity index (χ2n) is 11.3. The van der Waals surface area contributed by atoms with Gasteiger partial charge >= 0.3 is 6.03 Å². The van der Waals surface area contributed by atoms with E-state index in [1.54, 1.807) is 54.6 Å². The molecule has 0 bridgehead atoms. The van der Waals surface area contributed by atoms with Crippen LogP contribution in [0.3, 0.4) is 0 Å². The van der Waals surface area contributed by atoms with Crippen LogP contribution in [0.2, 0.25) is 0 Å². The Bertz CT molecular complexity index is 2570. The van der Waals surface area contributed by atoms with Crippen LogP contribution in [0.5, 0.6) is 11.5 Å². The van der Waals surface area contributed by atoms with Crippen molar-refractivity contribution >= 4 is 95.5 Å². The van der Waals surface area contributed by atoms with Gasteiger partial charge in [0, 0.05) is 34.8 Å². The highest BCUT2D eigenvalue weighted by Crippen LogP contribution is 2.45. The van der Waals surface area contributed by atoms with Crippen LogP contribution in [0.25, 0.3) is 21.5 Å². The monoisotopic (exact) mass is 769 g/mol. The van der Waals surface area contributed by atoms with E-state index in [9.17, 15) is 32.8 Å². The molecule has 17 nitrogen and oxygen atoms in total. The molecular weight excluding hydrogens is 743 g/mol. The van der Waals surface area contributed by atoms with Crippen molar-refractivity contribution in [2.75, 3.05) is 16.0 Å². The average Bonchev–Trinajstić information content (AvgIpc) is 3.13. The molecule has 0 heterocycles. The van der Waals surface area contributed by atoms with E-state index in [0.29, 0.717) is 39.9 Å². The van der Waals surface area contributed by atoms with Gasteiger partial charge in [0.25, 0.3) is 10.1 Å². The van der Waals surface area contributed by atoms with Crippen LogP contribution >= 0.6 is 12.0 Å². The molecular formula is C35H27N7O10S2. The van der Waals surface area contributed by atoms with Gasteiger partial charge in [-0.15, -0.1) is 14.6 Å². The molecule has 0 aliphatic rings. The summed E-state index contributed by atoms with van der Waals surface area (Å²) in [6.07, 6.45) is 0. The molecule has 0 aromatic heterocycles. The number of urea groups is 1. The molecule has 0 saturated carbocycles. The first-order chi connectivity index (χ1) is 25.9. The van der Waals surface area contributed by atoms with Crippen molar-refractivity contribution in [3.8, 4) is 11.5 Å². The topological polar surface area (TPSA) is 253 Å². The van der Waals surface area contributed by atoms with Crippen LogP contribution in [0.1, 0.15) is 6.92 Å². The lowest BCUT2D eigenvalue weighted by atomic mass is 10.1. The van der Waals surface area contributed by atoms with Crippen LogP contribution in [0.15, 0.2) is 133 Å². The van der Waals surface area contributed by atoms with E-state index >= 15 is 0 Å². The zero-order valence-corrected chi connectivity index (χ0v) is 29.3. The molecule has 0 radical (unpaired) electrons. The maximum atomic E-state index is 13.0. The zero-order chi connectivity index (χ0) is 38.4. The lowest BCUT2D eigenvalue weighted by Crippen LogP contribution is -2.19. The summed E-state index contributed by atoms with van der Waals surface area (Å²) in [6.45, 7) is 1.35. The van der Waals surface area contributed by atoms with Crippen molar-refractivity contribution in [2.24, 2.45) is 20.5 Å². The van der Waals surface area contributed by atoms with E-state index in [0.717, 1.165) is 6.07 Å². The Morgan fingerprint density at radius 1 is 0.667 bits per heavy atom. The molecule has 7 N–H and O–H groups in total. The number of carbonyl (C=O) groups is 2. The predicted octanol–water partition coefficient (Wildman–Crippen LogP) is 9.51. The van der Waals surface area contributed by atoms with E-state index < -0.39 is 32.5 Å². The lowest BCUT2D eigenvalue weighted by molar-refractivity contribution is -0.432. The summed E-state index contributed by atoms with van der Waals surface area (Å²) in [5, 5.41) is 59.6. The van der Waals surface area contributed by atoms with Gasteiger partial charge in [-0.25, -0.2) is 10.1 Å². The molecule has 0 spiro atoms. The number of nitrogens with one attached hydrogen (secondary N) is 3. The number of benzene rings is 6. The van der Waals surface area contributed by atoms with E-state index in [2.05, 4.69) is 45.8 Å². The molecule has 54 heavy (non-hydrogen) atoms. The molecule has 0 fully saturated rings. The van der Waals surface area contributed by atoms with Crippen LogP contribution in [0, 0.1) is 0 Å². The Hall–Kier alpha value is -6.48. The Morgan fingerprint density at radius 3 is 1.78 bits per heavy atom. The number of aromatic hydroxyl groups is 2. The standard InChI is InChI=1S/C35H27N7O10S2/c1-19(43)36-22-7-9-24(10-8-22)40-42-32-30(54(48,49)50)18-21-16-26(12-14-28(21)34(32)45)38-35(46)37-25-11-13-27-20(15-25)17-29(53-52-51-47)31(33(27)44)41-39-23-5-3-2-4-6-23/h2-18,44-45,47H,1H3,(H,36,43)(H2,37,38,46)(H,48,49,50)/b41-39+,42-40+. The van der Waals surface area contributed by atoms with Crippen molar-refractivity contribution < 1.29 is 47.4 Å². The van der Waals surface area contributed by atoms with Crippen molar-refractivity contribution in [3.05, 3.63) is 103 Å². The van der Waals surface area contributed by atoms with Crippen molar-refractivity contribution in [1.29, 1.82) is 0 Å². The van der Waals surface area contributed by atoms with Gasteiger partial charge < -0.3 is 26.2 Å². The molecule has 6 aromatic rings. The minimum absolute atomic E-state index is 0.0380. The van der Waals surface area contributed by atoms with Gasteiger partial charge in [-0.1, -0.05) is 23.2 Å². The first kappa shape index (κ1) is 37.3. The Morgan fingerprint density at radius 2 is 1.20 bits per heavy atom. The van der Waals surface area contributed by atoms with Gasteiger partial charge in [0.15, 0.2) is 11.5 Å². The van der Waals surface area contributed by atoms with Gasteiger partial charge in [0.1, 0.15) is 16.3 Å². The fraction of sp³-hybridized carbons (Fsp3) is 0.0286. The summed E-state index contributed by atoms with van der Waals surface area (Å²) < 4.78 is 39.3. The van der Waals surface area contributed by atoms with Crippen LogP contribution in [-0.2, 0) is 24.3 Å². The van der Waals surface area contributed by atoms with Crippen molar-refractivity contribution in [2.45, 2.75) is 16.7 Å². The molecule has 0 unspecified atom stereocenters. The maximum Gasteiger partial charge on any atom is 0.323 e. The third-order valence-electron chi connectivity index (χ3n) is 7.52. The van der Waals surface area contributed by atoms with E-state index in [1.165, 1.54) is 43.3 Å². The first-order valence-electron chi connectivity index (χ1n) is 15.5. The highest BCUT2D eigenvalue weighted by Gasteiger charge is 2.23. The number of nitrogens with zero attached hydrogens (tertiary/aromatic N) is 4.